The van der Waals surface area contributed by atoms with E-state index in [0.717, 1.165) is 11.1 Å². The van der Waals surface area contributed by atoms with Crippen LogP contribution in [0.1, 0.15) is 23.7 Å². The van der Waals surface area contributed by atoms with Crippen molar-refractivity contribution in [2.45, 2.75) is 81.4 Å². The van der Waals surface area contributed by atoms with Crippen LogP contribution < -0.4 is 16.8 Å². The first-order valence-electron chi connectivity index (χ1n) is 15.6. The van der Waals surface area contributed by atoms with Gasteiger partial charge in [-0.1, -0.05) is 41.6 Å². The molecule has 0 unspecified atom stereocenters. The smallest absolute Gasteiger partial charge is 0.217 e. The van der Waals surface area contributed by atoms with E-state index in [1.807, 2.05) is 36.4 Å². The number of aliphatic hydroxyl groups is 5. The molecule has 4 rings (SSSR count). The predicted molar refractivity (Wildman–Crippen MR) is 172 cm³/mol. The van der Waals surface area contributed by atoms with Crippen LogP contribution in [0, 0.1) is 0 Å². The summed E-state index contributed by atoms with van der Waals surface area (Å²) in [5, 5.41) is 64.0. The number of aromatic nitrogens is 3. The monoisotopic (exact) mass is 691 g/mol. The molecular formula is C31H45N7O11. The lowest BCUT2D eigenvalue weighted by Crippen LogP contribution is -2.67. The number of rotatable bonds is 16. The van der Waals surface area contributed by atoms with Crippen LogP contribution in [-0.2, 0) is 41.6 Å². The van der Waals surface area contributed by atoms with E-state index in [-0.39, 0.29) is 19.2 Å². The molecule has 49 heavy (non-hydrogen) atoms. The molecule has 0 bridgehead atoms. The Bertz CT molecular complexity index is 1420. The van der Waals surface area contributed by atoms with Gasteiger partial charge in [-0.25, -0.2) is 9.67 Å². The van der Waals surface area contributed by atoms with Gasteiger partial charge in [0.15, 0.2) is 18.5 Å². The number of hydrogen-bond acceptors (Lipinski definition) is 14. The van der Waals surface area contributed by atoms with Crippen molar-refractivity contribution in [2.75, 3.05) is 26.4 Å². The number of carbonyl (C=O) groups excluding carboxylic acids is 1. The molecule has 2 aromatic rings. The van der Waals surface area contributed by atoms with Crippen molar-refractivity contribution in [1.29, 1.82) is 0 Å². The Labute approximate surface area is 282 Å². The number of ether oxygens (including phenoxy) is 5. The lowest BCUT2D eigenvalue weighted by Gasteiger charge is -2.47. The SMILES string of the molecule is C=CCO[C@@H]1O[C@H](CO)[C@@H](O[C@@H]2O[C@H](CO)[C@H](O)[C@H](OCc3cn(Cc4cccc(C=CCN=C(N)N)c4)nn3)[C@H]2O)[C@H](O)[C@H]1NC(C)=O. The Hall–Kier alpha value is -3.82. The van der Waals surface area contributed by atoms with Crippen molar-refractivity contribution in [3.8, 4) is 0 Å². The average molecular weight is 692 g/mol. The lowest BCUT2D eigenvalue weighted by atomic mass is 9.95. The third kappa shape index (κ3) is 10.3. The second-order valence-corrected chi connectivity index (χ2v) is 11.5. The Morgan fingerprint density at radius 1 is 1.08 bits per heavy atom. The number of guanidine groups is 1. The Balaban J connectivity index is 1.41. The zero-order chi connectivity index (χ0) is 35.5. The van der Waals surface area contributed by atoms with E-state index in [9.17, 15) is 30.3 Å². The van der Waals surface area contributed by atoms with Crippen LogP contribution in [0.5, 0.6) is 0 Å². The molecule has 0 spiro atoms. The molecule has 3 heterocycles. The molecule has 1 amide bonds. The van der Waals surface area contributed by atoms with Crippen molar-refractivity contribution in [2.24, 2.45) is 16.5 Å². The molecular weight excluding hydrogens is 646 g/mol. The zero-order valence-electron chi connectivity index (χ0n) is 27.0. The predicted octanol–water partition coefficient (Wildman–Crippen LogP) is -2.89. The van der Waals surface area contributed by atoms with Crippen LogP contribution in [0.2, 0.25) is 0 Å². The largest absolute Gasteiger partial charge is 0.394 e. The summed E-state index contributed by atoms with van der Waals surface area (Å²) in [6, 6.07) is 6.60. The molecule has 1 aromatic heterocycles. The van der Waals surface area contributed by atoms with Crippen LogP contribution in [0.3, 0.4) is 0 Å². The summed E-state index contributed by atoms with van der Waals surface area (Å²) in [4.78, 5) is 15.8. The van der Waals surface area contributed by atoms with Gasteiger partial charge >= 0.3 is 0 Å². The van der Waals surface area contributed by atoms with E-state index >= 15 is 0 Å². The molecule has 18 nitrogen and oxygen atoms in total. The molecule has 1 aromatic carbocycles. The molecule has 0 saturated carbocycles. The summed E-state index contributed by atoms with van der Waals surface area (Å²) in [6.07, 6.45) is -5.68. The first kappa shape index (κ1) is 38.0. The summed E-state index contributed by atoms with van der Waals surface area (Å²) in [6.45, 7) is 4.10. The zero-order valence-corrected chi connectivity index (χ0v) is 27.0. The second kappa shape index (κ2) is 18.3. The minimum Gasteiger partial charge on any atom is -0.394 e. The van der Waals surface area contributed by atoms with Crippen LogP contribution >= 0.6 is 0 Å². The fraction of sp³-hybridized carbons (Fsp3) is 0.548. The third-order valence-corrected chi connectivity index (χ3v) is 7.71. The van der Waals surface area contributed by atoms with Crippen LogP contribution in [-0.4, -0.2) is 140 Å². The summed E-state index contributed by atoms with van der Waals surface area (Å²) in [7, 11) is 0. The van der Waals surface area contributed by atoms with E-state index in [1.54, 1.807) is 10.9 Å². The topological polar surface area (TPSA) is 272 Å². The maximum Gasteiger partial charge on any atom is 0.217 e. The first-order chi connectivity index (χ1) is 23.5. The Morgan fingerprint density at radius 2 is 1.84 bits per heavy atom. The van der Waals surface area contributed by atoms with Crippen molar-refractivity contribution in [3.63, 3.8) is 0 Å². The number of nitrogens with two attached hydrogens (primary N) is 2. The van der Waals surface area contributed by atoms with Gasteiger partial charge in [0, 0.05) is 6.92 Å². The van der Waals surface area contributed by atoms with Gasteiger partial charge in [-0.05, 0) is 17.2 Å². The average Bonchev–Trinajstić information content (AvgIpc) is 3.52. The van der Waals surface area contributed by atoms with Gasteiger partial charge in [0.25, 0.3) is 0 Å². The highest BCUT2D eigenvalue weighted by atomic mass is 16.7. The number of hydrogen-bond donors (Lipinski definition) is 8. The van der Waals surface area contributed by atoms with Crippen LogP contribution in [0.25, 0.3) is 6.08 Å². The van der Waals surface area contributed by atoms with E-state index < -0.39 is 80.5 Å². The van der Waals surface area contributed by atoms with Crippen molar-refractivity contribution >= 4 is 17.9 Å². The standard InChI is InChI=1S/C31H45N7O11/c1-3-10-45-29-23(35-17(2)41)25(43)27(22(15-40)48-29)49-30-26(44)28(24(42)21(14-39)47-30)46-16-20-13-38(37-36-20)12-19-7-4-6-18(11-19)8-5-9-34-31(32)33/h3-8,11,13,21-30,39-40,42-44H,1,9-10,12,14-16H2,2H3,(H,35,41)(H4,32,33,34)/t21-,22-,23-,24+,25-,26-,27-,28+,29-,30+/m1/s1. The first-order valence-corrected chi connectivity index (χ1v) is 15.6. The molecule has 0 radical (unpaired) electrons. The van der Waals surface area contributed by atoms with Gasteiger partial charge in [-0.15, -0.1) is 11.7 Å². The quantitative estimate of drug-likeness (QED) is 0.0499. The molecule has 2 saturated heterocycles. The highest BCUT2D eigenvalue weighted by Gasteiger charge is 2.52. The molecule has 270 valence electrons. The van der Waals surface area contributed by atoms with Gasteiger partial charge in [-0.3, -0.25) is 4.79 Å². The maximum absolute atomic E-state index is 11.9. The molecule has 0 aliphatic carbocycles. The van der Waals surface area contributed by atoms with Crippen molar-refractivity contribution in [1.82, 2.24) is 20.3 Å². The summed E-state index contributed by atoms with van der Waals surface area (Å²) in [5.74, 6) is -0.482. The van der Waals surface area contributed by atoms with Crippen molar-refractivity contribution < 1.29 is 54.0 Å². The number of carbonyl (C=O) groups is 1. The molecule has 2 aliphatic rings. The van der Waals surface area contributed by atoms with Crippen LogP contribution in [0.4, 0.5) is 0 Å². The number of aliphatic hydroxyl groups excluding tert-OH is 5. The van der Waals surface area contributed by atoms with Gasteiger partial charge in [0.05, 0.1) is 45.7 Å². The van der Waals surface area contributed by atoms with E-state index in [4.69, 9.17) is 35.2 Å². The Morgan fingerprint density at radius 3 is 2.53 bits per heavy atom. The molecule has 18 heteroatoms. The molecule has 2 aliphatic heterocycles. The number of amides is 1. The summed E-state index contributed by atoms with van der Waals surface area (Å²) in [5.41, 5.74) is 13.0. The number of benzene rings is 1. The summed E-state index contributed by atoms with van der Waals surface area (Å²) >= 11 is 0. The third-order valence-electron chi connectivity index (χ3n) is 7.71. The fourth-order valence-electron chi connectivity index (χ4n) is 5.44. The van der Waals surface area contributed by atoms with Gasteiger partial charge in [0.2, 0.25) is 5.91 Å². The maximum atomic E-state index is 11.9. The van der Waals surface area contributed by atoms with Crippen LogP contribution in [0.15, 0.2) is 54.2 Å². The Kier molecular flexibility index (Phi) is 14.2. The van der Waals surface area contributed by atoms with Gasteiger partial charge < -0.3 is 66.0 Å². The highest BCUT2D eigenvalue weighted by Crippen LogP contribution is 2.31. The van der Waals surface area contributed by atoms with Crippen molar-refractivity contribution in [3.05, 3.63) is 66.0 Å². The van der Waals surface area contributed by atoms with Gasteiger partial charge in [0.1, 0.15) is 54.5 Å². The lowest BCUT2D eigenvalue weighted by molar-refractivity contribution is -0.351. The minimum absolute atomic E-state index is 0.0132. The minimum atomic E-state index is -1.64. The number of aliphatic imine (C=N–C) groups is 1. The molecule has 10 atom stereocenters. The molecule has 10 N–H and O–H groups in total. The van der Waals surface area contributed by atoms with Gasteiger partial charge in [-0.2, -0.15) is 0 Å². The number of nitrogens with one attached hydrogen (secondary N) is 1. The molecule has 2 fully saturated rings. The second-order valence-electron chi connectivity index (χ2n) is 11.5. The van der Waals surface area contributed by atoms with E-state index in [0.29, 0.717) is 18.8 Å². The highest BCUT2D eigenvalue weighted by molar-refractivity contribution is 5.75. The van der Waals surface area contributed by atoms with E-state index in [1.165, 1.54) is 13.0 Å². The van der Waals surface area contributed by atoms with E-state index in [2.05, 4.69) is 27.2 Å². The number of nitrogens with zero attached hydrogens (tertiary/aromatic N) is 4. The fourth-order valence-corrected chi connectivity index (χ4v) is 5.44. The normalized spacial score (nSPS) is 30.2. The summed E-state index contributed by atoms with van der Waals surface area (Å²) < 4.78 is 30.3.